The molecule has 0 atom stereocenters. The van der Waals surface area contributed by atoms with E-state index in [-0.39, 0.29) is 18.1 Å². The first-order chi connectivity index (χ1) is 13.2. The number of hydrogen-bond acceptors (Lipinski definition) is 6. The third-order valence-electron chi connectivity index (χ3n) is 5.56. The van der Waals surface area contributed by atoms with Crippen LogP contribution in [-0.2, 0) is 16.1 Å². The third-order valence-corrected chi connectivity index (χ3v) is 5.56. The van der Waals surface area contributed by atoms with Crippen molar-refractivity contribution in [3.8, 4) is 0 Å². The Labute approximate surface area is 166 Å². The molecule has 1 aromatic rings. The second kappa shape index (κ2) is 7.62. The van der Waals surface area contributed by atoms with Gasteiger partial charge in [-0.3, -0.25) is 0 Å². The SMILES string of the molecule is COC(=O)c1ccc(N2CCC3(CC2)CN(C(=O)OC(C)(C)C)C3)cc1CO. The van der Waals surface area contributed by atoms with E-state index in [9.17, 15) is 14.7 Å². The van der Waals surface area contributed by atoms with Crippen molar-refractivity contribution in [2.75, 3.05) is 38.2 Å². The quantitative estimate of drug-likeness (QED) is 0.800. The fraction of sp³-hybridized carbons (Fsp3) is 0.619. The van der Waals surface area contributed by atoms with Crippen LogP contribution < -0.4 is 4.90 Å². The second-order valence-corrected chi connectivity index (χ2v) is 8.81. The van der Waals surface area contributed by atoms with Gasteiger partial charge in [-0.1, -0.05) is 0 Å². The van der Waals surface area contributed by atoms with Gasteiger partial charge in [0.25, 0.3) is 0 Å². The zero-order chi connectivity index (χ0) is 20.5. The fourth-order valence-electron chi connectivity index (χ4n) is 3.99. The third kappa shape index (κ3) is 4.24. The molecule has 2 heterocycles. The van der Waals surface area contributed by atoms with Crippen molar-refractivity contribution in [2.45, 2.75) is 45.8 Å². The van der Waals surface area contributed by atoms with Gasteiger partial charge in [0, 0.05) is 37.3 Å². The molecule has 3 rings (SSSR count). The number of anilines is 1. The van der Waals surface area contributed by atoms with Crippen LogP contribution >= 0.6 is 0 Å². The summed E-state index contributed by atoms with van der Waals surface area (Å²) >= 11 is 0. The first-order valence-electron chi connectivity index (χ1n) is 9.71. The van der Waals surface area contributed by atoms with Crippen LogP contribution in [0.4, 0.5) is 10.5 Å². The molecule has 0 aromatic heterocycles. The number of ether oxygens (including phenoxy) is 2. The average molecular weight is 390 g/mol. The van der Waals surface area contributed by atoms with Gasteiger partial charge in [0.15, 0.2) is 0 Å². The Hall–Kier alpha value is -2.28. The Morgan fingerprint density at radius 3 is 2.36 bits per heavy atom. The molecule has 2 aliphatic rings. The van der Waals surface area contributed by atoms with E-state index >= 15 is 0 Å². The lowest BCUT2D eigenvalue weighted by atomic mass is 9.72. The van der Waals surface area contributed by atoms with Crippen LogP contribution in [0.1, 0.15) is 49.5 Å². The number of aliphatic hydroxyl groups excluding tert-OH is 1. The number of rotatable bonds is 3. The minimum atomic E-state index is -0.468. The van der Waals surface area contributed by atoms with Crippen LogP contribution in [0.3, 0.4) is 0 Å². The lowest BCUT2D eigenvalue weighted by Crippen LogP contribution is -2.62. The molecule has 7 nitrogen and oxygen atoms in total. The molecule has 7 heteroatoms. The van der Waals surface area contributed by atoms with Gasteiger partial charge in [-0.25, -0.2) is 9.59 Å². The summed E-state index contributed by atoms with van der Waals surface area (Å²) in [5.41, 5.74) is 1.68. The van der Waals surface area contributed by atoms with Crippen LogP contribution in [0.2, 0.25) is 0 Å². The largest absolute Gasteiger partial charge is 0.465 e. The minimum absolute atomic E-state index is 0.180. The highest BCUT2D eigenvalue weighted by Gasteiger charge is 2.47. The van der Waals surface area contributed by atoms with E-state index < -0.39 is 11.6 Å². The second-order valence-electron chi connectivity index (χ2n) is 8.81. The molecular formula is C21H30N2O5. The van der Waals surface area contributed by atoms with Gasteiger partial charge in [0.05, 0.1) is 19.3 Å². The molecule has 154 valence electrons. The summed E-state index contributed by atoms with van der Waals surface area (Å²) in [6, 6.07) is 5.47. The number of nitrogens with zero attached hydrogens (tertiary/aromatic N) is 2. The highest BCUT2D eigenvalue weighted by Crippen LogP contribution is 2.42. The normalized spacial score (nSPS) is 18.6. The first-order valence-corrected chi connectivity index (χ1v) is 9.71. The number of aliphatic hydroxyl groups is 1. The zero-order valence-corrected chi connectivity index (χ0v) is 17.2. The van der Waals surface area contributed by atoms with Crippen molar-refractivity contribution in [1.29, 1.82) is 0 Å². The summed E-state index contributed by atoms with van der Waals surface area (Å²) in [4.78, 5) is 28.0. The topological polar surface area (TPSA) is 79.3 Å². The molecule has 0 saturated carbocycles. The van der Waals surface area contributed by atoms with Crippen molar-refractivity contribution in [2.24, 2.45) is 5.41 Å². The molecule has 28 heavy (non-hydrogen) atoms. The van der Waals surface area contributed by atoms with Crippen LogP contribution in [0, 0.1) is 5.41 Å². The van der Waals surface area contributed by atoms with Gasteiger partial charge in [-0.05, 0) is 57.4 Å². The van der Waals surface area contributed by atoms with E-state index in [4.69, 9.17) is 9.47 Å². The summed E-state index contributed by atoms with van der Waals surface area (Å²) in [5.74, 6) is -0.440. The predicted molar refractivity (Wildman–Crippen MR) is 105 cm³/mol. The number of amides is 1. The van der Waals surface area contributed by atoms with E-state index in [0.29, 0.717) is 11.1 Å². The Bertz CT molecular complexity index is 740. The molecule has 1 N–H and O–H groups in total. The summed E-state index contributed by atoms with van der Waals surface area (Å²) in [6.07, 6.45) is 1.77. The molecule has 0 aliphatic carbocycles. The Balaban J connectivity index is 1.58. The number of benzene rings is 1. The van der Waals surface area contributed by atoms with Crippen molar-refractivity contribution in [3.05, 3.63) is 29.3 Å². The number of methoxy groups -OCH3 is 1. The van der Waals surface area contributed by atoms with Crippen molar-refractivity contribution in [3.63, 3.8) is 0 Å². The first kappa shape index (κ1) is 20.5. The average Bonchev–Trinajstić information content (AvgIpc) is 2.63. The highest BCUT2D eigenvalue weighted by atomic mass is 16.6. The van der Waals surface area contributed by atoms with Crippen molar-refractivity contribution >= 4 is 17.7 Å². The standard InChI is InChI=1S/C21H30N2O5/c1-20(2,3)28-19(26)23-13-21(14-23)7-9-22(10-8-21)16-5-6-17(18(25)27-4)15(11-16)12-24/h5-6,11,24H,7-10,12-14H2,1-4H3. The maximum Gasteiger partial charge on any atom is 0.410 e. The highest BCUT2D eigenvalue weighted by molar-refractivity contribution is 5.91. The molecule has 2 saturated heterocycles. The van der Waals surface area contributed by atoms with Crippen LogP contribution in [-0.4, -0.2) is 61.0 Å². The van der Waals surface area contributed by atoms with Crippen molar-refractivity contribution < 1.29 is 24.2 Å². The Morgan fingerprint density at radius 1 is 1.18 bits per heavy atom. The lowest BCUT2D eigenvalue weighted by molar-refractivity contribution is -0.0434. The lowest BCUT2D eigenvalue weighted by Gasteiger charge is -2.54. The van der Waals surface area contributed by atoms with Gasteiger partial charge in [0.1, 0.15) is 5.60 Å². The summed E-state index contributed by atoms with van der Waals surface area (Å²) < 4.78 is 10.2. The zero-order valence-electron chi connectivity index (χ0n) is 17.2. The molecule has 2 aliphatic heterocycles. The molecule has 2 fully saturated rings. The molecular weight excluding hydrogens is 360 g/mol. The molecule has 0 radical (unpaired) electrons. The summed E-state index contributed by atoms with van der Waals surface area (Å²) in [7, 11) is 1.33. The maximum atomic E-state index is 12.2. The molecule has 0 unspecified atom stereocenters. The smallest absolute Gasteiger partial charge is 0.410 e. The van der Waals surface area contributed by atoms with Gasteiger partial charge >= 0.3 is 12.1 Å². The summed E-state index contributed by atoms with van der Waals surface area (Å²) in [5, 5.41) is 9.60. The van der Waals surface area contributed by atoms with E-state index in [2.05, 4.69) is 4.90 Å². The Morgan fingerprint density at radius 2 is 1.82 bits per heavy atom. The summed E-state index contributed by atoms with van der Waals surface area (Å²) in [6.45, 7) is 8.69. The monoisotopic (exact) mass is 390 g/mol. The van der Waals surface area contributed by atoms with Gasteiger partial charge in [-0.15, -0.1) is 0 Å². The number of carbonyl (C=O) groups is 2. The van der Waals surface area contributed by atoms with Crippen LogP contribution in [0.5, 0.6) is 0 Å². The molecule has 1 spiro atoms. The van der Waals surface area contributed by atoms with Crippen LogP contribution in [0.15, 0.2) is 18.2 Å². The van der Waals surface area contributed by atoms with Gasteiger partial charge in [0.2, 0.25) is 0 Å². The number of esters is 1. The van der Waals surface area contributed by atoms with Gasteiger partial charge < -0.3 is 24.4 Å². The number of likely N-dealkylation sites (tertiary alicyclic amines) is 1. The number of piperidine rings is 1. The Kier molecular flexibility index (Phi) is 5.57. The fourth-order valence-corrected chi connectivity index (χ4v) is 3.99. The predicted octanol–water partition coefficient (Wildman–Crippen LogP) is 2.80. The van der Waals surface area contributed by atoms with Crippen LogP contribution in [0.25, 0.3) is 0 Å². The molecule has 0 bridgehead atoms. The van der Waals surface area contributed by atoms with E-state index in [1.807, 2.05) is 32.9 Å². The van der Waals surface area contributed by atoms with E-state index in [1.165, 1.54) is 7.11 Å². The van der Waals surface area contributed by atoms with E-state index in [1.54, 1.807) is 11.0 Å². The molecule has 1 amide bonds. The van der Waals surface area contributed by atoms with Crippen molar-refractivity contribution in [1.82, 2.24) is 4.90 Å². The number of carbonyl (C=O) groups excluding carboxylic acids is 2. The molecule has 1 aromatic carbocycles. The van der Waals surface area contributed by atoms with E-state index in [0.717, 1.165) is 44.7 Å². The minimum Gasteiger partial charge on any atom is -0.465 e. The maximum absolute atomic E-state index is 12.2. The van der Waals surface area contributed by atoms with Gasteiger partial charge in [-0.2, -0.15) is 0 Å². The number of hydrogen-bond donors (Lipinski definition) is 1.